The summed E-state index contributed by atoms with van der Waals surface area (Å²) < 4.78 is 2.06. The number of fused-ring (bicyclic) bond motifs is 2. The summed E-state index contributed by atoms with van der Waals surface area (Å²) in [6, 6.07) is 15.6. The number of anilines is 2. The molecule has 0 radical (unpaired) electrons. The van der Waals surface area contributed by atoms with Crippen molar-refractivity contribution in [2.45, 2.75) is 51.4 Å². The molecule has 4 aromatic rings. The van der Waals surface area contributed by atoms with Crippen molar-refractivity contribution >= 4 is 17.2 Å². The van der Waals surface area contributed by atoms with Crippen LogP contribution in [0.25, 0.3) is 16.9 Å². The second-order valence-electron chi connectivity index (χ2n) is 9.96. The molecule has 4 heterocycles. The van der Waals surface area contributed by atoms with E-state index in [1.807, 2.05) is 24.5 Å². The molecule has 2 aromatic heterocycles. The van der Waals surface area contributed by atoms with Gasteiger partial charge in [0, 0.05) is 36.2 Å². The monoisotopic (exact) mass is 468 g/mol. The van der Waals surface area contributed by atoms with Gasteiger partial charge in [-0.05, 0) is 80.6 Å². The van der Waals surface area contributed by atoms with Crippen molar-refractivity contribution in [1.82, 2.24) is 24.6 Å². The number of aromatic nitrogens is 3. The first-order valence-electron chi connectivity index (χ1n) is 12.5. The summed E-state index contributed by atoms with van der Waals surface area (Å²) in [4.78, 5) is 11.9. The van der Waals surface area contributed by atoms with Gasteiger partial charge in [-0.15, -0.1) is 0 Å². The molecule has 1 saturated heterocycles. The highest BCUT2D eigenvalue weighted by molar-refractivity contribution is 5.74. The van der Waals surface area contributed by atoms with Crippen LogP contribution < -0.4 is 10.6 Å². The van der Waals surface area contributed by atoms with Crippen LogP contribution in [-0.2, 0) is 6.54 Å². The number of aliphatic hydroxyl groups excluding tert-OH is 1. The van der Waals surface area contributed by atoms with Gasteiger partial charge in [0.15, 0.2) is 11.5 Å². The molecule has 0 amide bonds. The number of nitrogens with zero attached hydrogens (tertiary/aromatic N) is 4. The van der Waals surface area contributed by atoms with E-state index in [1.54, 1.807) is 6.20 Å². The van der Waals surface area contributed by atoms with Crippen LogP contribution in [-0.4, -0.2) is 43.5 Å². The molecule has 1 atom stereocenters. The molecule has 7 heteroatoms. The lowest BCUT2D eigenvalue weighted by atomic mass is 9.89. The minimum absolute atomic E-state index is 0.587. The van der Waals surface area contributed by atoms with Gasteiger partial charge in [0.1, 0.15) is 6.23 Å². The molecular weight excluding hydrogens is 436 g/mol. The van der Waals surface area contributed by atoms with E-state index in [2.05, 4.69) is 69.1 Å². The smallest absolute Gasteiger partial charge is 0.180 e. The molecule has 0 saturated carbocycles. The Balaban J connectivity index is 1.21. The van der Waals surface area contributed by atoms with E-state index in [0.717, 1.165) is 39.5 Å². The number of piperidine rings is 1. The molecule has 7 nitrogen and oxygen atoms in total. The Morgan fingerprint density at radius 1 is 1.06 bits per heavy atom. The number of likely N-dealkylation sites (tertiary alicyclic amines) is 1. The summed E-state index contributed by atoms with van der Waals surface area (Å²) in [6.07, 6.45) is 7.51. The van der Waals surface area contributed by atoms with Gasteiger partial charge in [0.25, 0.3) is 0 Å². The zero-order chi connectivity index (χ0) is 23.9. The fourth-order valence-corrected chi connectivity index (χ4v) is 5.45. The lowest BCUT2D eigenvalue weighted by Gasteiger charge is -2.34. The highest BCUT2D eigenvalue weighted by atomic mass is 16.3. The molecule has 1 unspecified atom stereocenters. The van der Waals surface area contributed by atoms with Crippen molar-refractivity contribution in [2.75, 3.05) is 18.4 Å². The van der Waals surface area contributed by atoms with E-state index >= 15 is 0 Å². The van der Waals surface area contributed by atoms with Crippen molar-refractivity contribution in [3.8, 4) is 11.3 Å². The summed E-state index contributed by atoms with van der Waals surface area (Å²) in [7, 11) is 0. The quantitative estimate of drug-likeness (QED) is 0.390. The summed E-state index contributed by atoms with van der Waals surface area (Å²) in [6.45, 7) is 7.59. The third-order valence-corrected chi connectivity index (χ3v) is 7.55. The van der Waals surface area contributed by atoms with Crippen LogP contribution in [0.2, 0.25) is 0 Å². The first-order chi connectivity index (χ1) is 17.1. The van der Waals surface area contributed by atoms with Gasteiger partial charge in [-0.1, -0.05) is 24.3 Å². The largest absolute Gasteiger partial charge is 0.374 e. The summed E-state index contributed by atoms with van der Waals surface area (Å²) in [5, 5.41) is 16.6. The Labute approximate surface area is 205 Å². The molecule has 180 valence electrons. The second-order valence-corrected chi connectivity index (χ2v) is 9.96. The number of imidazole rings is 1. The van der Waals surface area contributed by atoms with Crippen molar-refractivity contribution in [1.29, 1.82) is 0 Å². The lowest BCUT2D eigenvalue weighted by Crippen LogP contribution is -2.37. The number of hydrogen-bond donors (Lipinski definition) is 3. The molecule has 2 aliphatic rings. The van der Waals surface area contributed by atoms with E-state index in [-0.39, 0.29) is 0 Å². The number of rotatable bonds is 5. The maximum atomic E-state index is 10.0. The van der Waals surface area contributed by atoms with Crippen LogP contribution in [0.4, 0.5) is 11.5 Å². The van der Waals surface area contributed by atoms with Crippen molar-refractivity contribution < 1.29 is 5.11 Å². The summed E-state index contributed by atoms with van der Waals surface area (Å²) in [5.74, 6) is 1.37. The van der Waals surface area contributed by atoms with Gasteiger partial charge in [-0.2, -0.15) is 0 Å². The Morgan fingerprint density at radius 3 is 2.63 bits per heavy atom. The van der Waals surface area contributed by atoms with Crippen molar-refractivity contribution in [3.63, 3.8) is 0 Å². The fourth-order valence-electron chi connectivity index (χ4n) is 5.45. The van der Waals surface area contributed by atoms with E-state index in [9.17, 15) is 5.11 Å². The van der Waals surface area contributed by atoms with Gasteiger partial charge in [0.05, 0.1) is 11.9 Å². The molecule has 3 N–H and O–H groups in total. The fraction of sp³-hybridized carbons (Fsp3) is 0.357. The summed E-state index contributed by atoms with van der Waals surface area (Å²) >= 11 is 0. The molecule has 0 bridgehead atoms. The van der Waals surface area contributed by atoms with Gasteiger partial charge in [-0.3, -0.25) is 9.72 Å². The molecule has 2 aliphatic heterocycles. The minimum Gasteiger partial charge on any atom is -0.374 e. The predicted molar refractivity (Wildman–Crippen MR) is 139 cm³/mol. The Morgan fingerprint density at radius 2 is 1.86 bits per heavy atom. The Bertz CT molecular complexity index is 1340. The zero-order valence-electron chi connectivity index (χ0n) is 20.3. The maximum Gasteiger partial charge on any atom is 0.180 e. The molecular formula is C28H32N6O. The Kier molecular flexibility index (Phi) is 5.76. The normalized spacial score (nSPS) is 18.9. The molecule has 2 aromatic carbocycles. The van der Waals surface area contributed by atoms with E-state index in [0.29, 0.717) is 18.5 Å². The number of aliphatic hydroxyl groups is 1. The minimum atomic E-state index is -0.587. The van der Waals surface area contributed by atoms with Gasteiger partial charge in [-0.25, -0.2) is 9.97 Å². The average Bonchev–Trinajstić information content (AvgIpc) is 3.52. The standard InChI is InChI=1S/C28H32N6O/c1-18(2)33-12-9-20(10-13-33)19-3-6-23(7-4-19)32-26-27-29-11-14-34(27)25(17-30-26)21-5-8-24-22(15-21)16-31-28(24)35/h3-8,11,14-15,17-18,20,28,31,35H,9-10,12-13,16H2,1-2H3,(H,30,32). The lowest BCUT2D eigenvalue weighted by molar-refractivity contribution is 0.151. The van der Waals surface area contributed by atoms with Gasteiger partial charge >= 0.3 is 0 Å². The molecule has 0 spiro atoms. The van der Waals surface area contributed by atoms with E-state index in [4.69, 9.17) is 4.98 Å². The zero-order valence-corrected chi connectivity index (χ0v) is 20.3. The van der Waals surface area contributed by atoms with Gasteiger partial charge < -0.3 is 15.3 Å². The van der Waals surface area contributed by atoms with Crippen LogP contribution in [0.3, 0.4) is 0 Å². The average molecular weight is 469 g/mol. The van der Waals surface area contributed by atoms with Crippen LogP contribution in [0.1, 0.15) is 55.5 Å². The van der Waals surface area contributed by atoms with Crippen LogP contribution in [0.5, 0.6) is 0 Å². The maximum absolute atomic E-state index is 10.0. The third kappa shape index (κ3) is 4.20. The van der Waals surface area contributed by atoms with Gasteiger partial charge in [0.2, 0.25) is 0 Å². The first kappa shape index (κ1) is 22.2. The van der Waals surface area contributed by atoms with Crippen LogP contribution in [0, 0.1) is 0 Å². The van der Waals surface area contributed by atoms with Crippen LogP contribution in [0.15, 0.2) is 61.1 Å². The number of benzene rings is 2. The third-order valence-electron chi connectivity index (χ3n) is 7.55. The van der Waals surface area contributed by atoms with Crippen molar-refractivity contribution in [2.24, 2.45) is 0 Å². The molecule has 1 fully saturated rings. The SMILES string of the molecule is CC(C)N1CCC(c2ccc(Nc3ncc(-c4ccc5c(c4)CNC5O)n4ccnc34)cc2)CC1. The molecule has 6 rings (SSSR count). The number of hydrogen-bond acceptors (Lipinski definition) is 6. The van der Waals surface area contributed by atoms with Crippen LogP contribution >= 0.6 is 0 Å². The predicted octanol–water partition coefficient (Wildman–Crippen LogP) is 4.82. The second kappa shape index (κ2) is 9.07. The highest BCUT2D eigenvalue weighted by Crippen LogP contribution is 2.32. The Hall–Kier alpha value is -3.26. The molecule has 35 heavy (non-hydrogen) atoms. The molecule has 0 aliphatic carbocycles. The topological polar surface area (TPSA) is 77.7 Å². The van der Waals surface area contributed by atoms with E-state index < -0.39 is 6.23 Å². The number of nitrogens with one attached hydrogen (secondary N) is 2. The first-order valence-corrected chi connectivity index (χ1v) is 12.5. The highest BCUT2D eigenvalue weighted by Gasteiger charge is 2.22. The van der Waals surface area contributed by atoms with Crippen molar-refractivity contribution in [3.05, 3.63) is 77.7 Å². The van der Waals surface area contributed by atoms with E-state index in [1.165, 1.54) is 31.5 Å². The summed E-state index contributed by atoms with van der Waals surface area (Å²) in [5.41, 5.74) is 7.29.